The Morgan fingerprint density at radius 2 is 2.18 bits per heavy atom. The lowest BCUT2D eigenvalue weighted by Crippen LogP contribution is -2.34. The van der Waals surface area contributed by atoms with Crippen LogP contribution in [0.15, 0.2) is 18.2 Å². The molecule has 1 heterocycles. The van der Waals surface area contributed by atoms with E-state index < -0.39 is 9.84 Å². The van der Waals surface area contributed by atoms with E-state index in [0.717, 1.165) is 24.1 Å². The second-order valence-electron chi connectivity index (χ2n) is 4.60. The number of hydrogen-bond donors (Lipinski definition) is 2. The maximum Gasteiger partial charge on any atom is 0.152 e. The number of nitrogens with one attached hydrogen (secondary N) is 1. The van der Waals surface area contributed by atoms with Gasteiger partial charge in [0.15, 0.2) is 9.84 Å². The largest absolute Gasteiger partial charge is 0.508 e. The molecule has 1 saturated heterocycles. The summed E-state index contributed by atoms with van der Waals surface area (Å²) >= 11 is 0. The molecule has 2 rings (SSSR count). The van der Waals surface area contributed by atoms with Gasteiger partial charge in [-0.2, -0.15) is 0 Å². The molecule has 1 fully saturated rings. The van der Waals surface area contributed by atoms with Crippen molar-refractivity contribution in [2.75, 3.05) is 16.8 Å². The molecule has 2 N–H and O–H groups in total. The molecule has 94 valence electrons. The van der Waals surface area contributed by atoms with Gasteiger partial charge in [0.1, 0.15) is 5.75 Å². The smallest absolute Gasteiger partial charge is 0.152 e. The third-order valence-corrected chi connectivity index (χ3v) is 4.85. The molecule has 5 heteroatoms. The Kier molecular flexibility index (Phi) is 3.28. The lowest BCUT2D eigenvalue weighted by atomic mass is 10.1. The van der Waals surface area contributed by atoms with E-state index >= 15 is 0 Å². The lowest BCUT2D eigenvalue weighted by molar-refractivity contribution is 0.475. The lowest BCUT2D eigenvalue weighted by Gasteiger charge is -2.24. The van der Waals surface area contributed by atoms with Crippen molar-refractivity contribution in [3.8, 4) is 5.75 Å². The summed E-state index contributed by atoms with van der Waals surface area (Å²) in [4.78, 5) is 0. The monoisotopic (exact) mass is 255 g/mol. The van der Waals surface area contributed by atoms with Crippen molar-refractivity contribution in [3.05, 3.63) is 23.8 Å². The highest BCUT2D eigenvalue weighted by Crippen LogP contribution is 2.23. The third kappa shape index (κ3) is 3.12. The van der Waals surface area contributed by atoms with Crippen LogP contribution in [0.25, 0.3) is 0 Å². The first kappa shape index (κ1) is 12.2. The van der Waals surface area contributed by atoms with E-state index in [2.05, 4.69) is 5.32 Å². The molecule has 1 aromatic rings. The molecule has 0 aromatic heterocycles. The first-order chi connectivity index (χ1) is 7.96. The van der Waals surface area contributed by atoms with Gasteiger partial charge in [-0.1, -0.05) is 0 Å². The second kappa shape index (κ2) is 4.56. The van der Waals surface area contributed by atoms with E-state index in [1.807, 2.05) is 6.92 Å². The topological polar surface area (TPSA) is 66.4 Å². The summed E-state index contributed by atoms with van der Waals surface area (Å²) in [6.07, 6.45) is 1.59. The summed E-state index contributed by atoms with van der Waals surface area (Å²) in [5, 5.41) is 12.5. The number of phenolic OH excluding ortho intramolecular Hbond substituents is 1. The molecule has 0 bridgehead atoms. The fourth-order valence-corrected chi connectivity index (χ4v) is 3.80. The molecule has 0 amide bonds. The minimum absolute atomic E-state index is 0.0167. The molecule has 1 atom stereocenters. The Hall–Kier alpha value is -1.23. The summed E-state index contributed by atoms with van der Waals surface area (Å²) in [5.74, 6) is 0.733. The van der Waals surface area contributed by atoms with Crippen molar-refractivity contribution >= 4 is 15.5 Å². The van der Waals surface area contributed by atoms with Crippen molar-refractivity contribution in [2.24, 2.45) is 0 Å². The van der Waals surface area contributed by atoms with Crippen LogP contribution in [0.3, 0.4) is 0 Å². The summed E-state index contributed by atoms with van der Waals surface area (Å²) in [6.45, 7) is 1.89. The average molecular weight is 255 g/mol. The highest BCUT2D eigenvalue weighted by atomic mass is 32.2. The van der Waals surface area contributed by atoms with Crippen LogP contribution in [0.1, 0.15) is 18.4 Å². The minimum atomic E-state index is -2.88. The maximum atomic E-state index is 11.5. The van der Waals surface area contributed by atoms with Crippen LogP contribution in [0, 0.1) is 6.92 Å². The number of anilines is 1. The Labute approximate surface area is 102 Å². The normalized spacial score (nSPS) is 23.2. The number of phenols is 1. The van der Waals surface area contributed by atoms with Crippen molar-refractivity contribution in [1.29, 1.82) is 0 Å². The zero-order valence-corrected chi connectivity index (χ0v) is 10.6. The highest BCUT2D eigenvalue weighted by Gasteiger charge is 2.24. The van der Waals surface area contributed by atoms with Crippen molar-refractivity contribution in [1.82, 2.24) is 0 Å². The number of aryl methyl sites for hydroxylation is 1. The first-order valence-electron chi connectivity index (χ1n) is 5.73. The van der Waals surface area contributed by atoms with Gasteiger partial charge in [0.05, 0.1) is 11.5 Å². The van der Waals surface area contributed by atoms with E-state index in [-0.39, 0.29) is 17.5 Å². The van der Waals surface area contributed by atoms with Gasteiger partial charge < -0.3 is 10.4 Å². The van der Waals surface area contributed by atoms with Gasteiger partial charge in [0, 0.05) is 11.7 Å². The summed E-state index contributed by atoms with van der Waals surface area (Å²) < 4.78 is 23.0. The Bertz CT molecular complexity index is 510. The van der Waals surface area contributed by atoms with Gasteiger partial charge in [-0.05, 0) is 43.5 Å². The van der Waals surface area contributed by atoms with Crippen LogP contribution in [-0.4, -0.2) is 31.1 Å². The molecular weight excluding hydrogens is 238 g/mol. The quantitative estimate of drug-likeness (QED) is 0.789. The number of hydrogen-bond acceptors (Lipinski definition) is 4. The van der Waals surface area contributed by atoms with Crippen LogP contribution in [0.2, 0.25) is 0 Å². The van der Waals surface area contributed by atoms with Crippen LogP contribution >= 0.6 is 0 Å². The van der Waals surface area contributed by atoms with Gasteiger partial charge >= 0.3 is 0 Å². The Morgan fingerprint density at radius 1 is 1.41 bits per heavy atom. The summed E-state index contributed by atoms with van der Waals surface area (Å²) in [7, 11) is -2.88. The molecule has 1 unspecified atom stereocenters. The van der Waals surface area contributed by atoms with Crippen molar-refractivity contribution < 1.29 is 13.5 Å². The number of rotatable bonds is 2. The summed E-state index contributed by atoms with van der Waals surface area (Å²) in [6, 6.07) is 5.04. The molecule has 4 nitrogen and oxygen atoms in total. The van der Waals surface area contributed by atoms with Gasteiger partial charge in [-0.15, -0.1) is 0 Å². The molecule has 1 aliphatic heterocycles. The maximum absolute atomic E-state index is 11.5. The minimum Gasteiger partial charge on any atom is -0.508 e. The highest BCUT2D eigenvalue weighted by molar-refractivity contribution is 7.91. The van der Waals surface area contributed by atoms with E-state index in [0.29, 0.717) is 5.75 Å². The number of benzene rings is 1. The predicted octanol–water partition coefficient (Wildman–Crippen LogP) is 1.69. The zero-order valence-electron chi connectivity index (χ0n) is 9.81. The fraction of sp³-hybridized carbons (Fsp3) is 0.500. The fourth-order valence-electron chi connectivity index (χ4n) is 2.17. The van der Waals surface area contributed by atoms with E-state index in [1.165, 1.54) is 0 Å². The average Bonchev–Trinajstić information content (AvgIpc) is 2.21. The molecule has 1 aromatic carbocycles. The van der Waals surface area contributed by atoms with E-state index in [4.69, 9.17) is 0 Å². The predicted molar refractivity (Wildman–Crippen MR) is 68.1 cm³/mol. The van der Waals surface area contributed by atoms with Gasteiger partial charge in [-0.3, -0.25) is 0 Å². The van der Waals surface area contributed by atoms with Gasteiger partial charge in [0.25, 0.3) is 0 Å². The first-order valence-corrected chi connectivity index (χ1v) is 7.55. The van der Waals surface area contributed by atoms with Gasteiger partial charge in [-0.25, -0.2) is 8.42 Å². The van der Waals surface area contributed by atoms with Crippen LogP contribution in [0.5, 0.6) is 5.75 Å². The van der Waals surface area contributed by atoms with Crippen LogP contribution in [-0.2, 0) is 9.84 Å². The van der Waals surface area contributed by atoms with Crippen LogP contribution in [0.4, 0.5) is 5.69 Å². The van der Waals surface area contributed by atoms with Crippen molar-refractivity contribution in [2.45, 2.75) is 25.8 Å². The number of sulfone groups is 1. The summed E-state index contributed by atoms with van der Waals surface area (Å²) in [5.41, 5.74) is 1.82. The SMILES string of the molecule is Cc1cc(O)ccc1NC1CCCS(=O)(=O)C1. The van der Waals surface area contributed by atoms with Gasteiger partial charge in [0.2, 0.25) is 0 Å². The Morgan fingerprint density at radius 3 is 2.82 bits per heavy atom. The molecule has 0 spiro atoms. The standard InChI is InChI=1S/C12H17NO3S/c1-9-7-11(14)4-5-12(9)13-10-3-2-6-17(15,16)8-10/h4-5,7,10,13-14H,2-3,6,8H2,1H3. The van der Waals surface area contributed by atoms with E-state index in [9.17, 15) is 13.5 Å². The molecule has 0 saturated carbocycles. The van der Waals surface area contributed by atoms with Crippen LogP contribution < -0.4 is 5.32 Å². The molecule has 17 heavy (non-hydrogen) atoms. The Balaban J connectivity index is 2.10. The molecule has 1 aliphatic rings. The second-order valence-corrected chi connectivity index (χ2v) is 6.83. The van der Waals surface area contributed by atoms with Crippen molar-refractivity contribution in [3.63, 3.8) is 0 Å². The third-order valence-electron chi connectivity index (χ3n) is 3.03. The molecular formula is C12H17NO3S. The molecule has 0 radical (unpaired) electrons. The molecule has 0 aliphatic carbocycles. The zero-order chi connectivity index (χ0) is 12.5. The van der Waals surface area contributed by atoms with E-state index in [1.54, 1.807) is 18.2 Å². The number of aromatic hydroxyl groups is 1.